The van der Waals surface area contributed by atoms with Crippen LogP contribution in [0.25, 0.3) is 0 Å². The number of esters is 1. The number of aromatic nitrogens is 1. The van der Waals surface area contributed by atoms with Crippen LogP contribution in [0.3, 0.4) is 0 Å². The molecule has 0 saturated carbocycles. The molecule has 1 aromatic heterocycles. The molecule has 3 aromatic rings. The fourth-order valence-corrected chi connectivity index (χ4v) is 2.78. The van der Waals surface area contributed by atoms with Crippen molar-refractivity contribution >= 4 is 11.8 Å². The molecule has 0 bridgehead atoms. The van der Waals surface area contributed by atoms with Crippen LogP contribution >= 0.6 is 0 Å². The summed E-state index contributed by atoms with van der Waals surface area (Å²) in [6, 6.07) is 24.0. The Balaban J connectivity index is 1.81. The number of carbonyl (C=O) groups excluding carboxylic acids is 1. The monoisotopic (exact) mass is 332 g/mol. The number of carbonyl (C=O) groups is 1. The Bertz CT molecular complexity index is 780. The Morgan fingerprint density at radius 3 is 2.16 bits per heavy atom. The van der Waals surface area contributed by atoms with E-state index in [0.29, 0.717) is 17.9 Å². The van der Waals surface area contributed by atoms with E-state index in [4.69, 9.17) is 4.74 Å². The van der Waals surface area contributed by atoms with E-state index in [1.807, 2.05) is 36.4 Å². The molecule has 3 rings (SSSR count). The summed E-state index contributed by atoms with van der Waals surface area (Å²) < 4.78 is 4.76. The summed E-state index contributed by atoms with van der Waals surface area (Å²) in [4.78, 5) is 16.0. The van der Waals surface area contributed by atoms with Crippen LogP contribution in [0.1, 0.15) is 27.4 Å². The lowest BCUT2D eigenvalue weighted by Crippen LogP contribution is -2.15. The van der Waals surface area contributed by atoms with Crippen molar-refractivity contribution in [3.05, 3.63) is 95.7 Å². The number of nitrogens with one attached hydrogen (secondary N) is 1. The number of ether oxygens (including phenoxy) is 1. The maximum Gasteiger partial charge on any atom is 0.338 e. The third-order valence-corrected chi connectivity index (χ3v) is 4.07. The summed E-state index contributed by atoms with van der Waals surface area (Å²) in [6.45, 7) is 0.672. The molecule has 0 aliphatic rings. The van der Waals surface area contributed by atoms with Crippen molar-refractivity contribution in [1.82, 2.24) is 4.98 Å². The second kappa shape index (κ2) is 8.11. The first-order valence-corrected chi connectivity index (χ1v) is 8.16. The molecule has 0 atom stereocenters. The molecule has 0 radical (unpaired) electrons. The van der Waals surface area contributed by atoms with E-state index in [2.05, 4.69) is 34.6 Å². The van der Waals surface area contributed by atoms with Gasteiger partial charge in [-0.2, -0.15) is 0 Å². The predicted molar refractivity (Wildman–Crippen MR) is 98.8 cm³/mol. The first-order valence-electron chi connectivity index (χ1n) is 8.16. The fraction of sp³-hybridized carbons (Fsp3) is 0.143. The van der Waals surface area contributed by atoms with E-state index in [-0.39, 0.29) is 11.9 Å². The Hall–Kier alpha value is -3.14. The van der Waals surface area contributed by atoms with Crippen LogP contribution in [0.15, 0.2) is 79.0 Å². The highest BCUT2D eigenvalue weighted by Crippen LogP contribution is 2.25. The molecule has 4 nitrogen and oxygen atoms in total. The first kappa shape index (κ1) is 16.7. The SMILES string of the molecule is COC(=O)c1ccnc(NCC(c2ccccc2)c2ccccc2)c1. The maximum absolute atomic E-state index is 11.7. The number of methoxy groups -OCH3 is 1. The molecular weight excluding hydrogens is 312 g/mol. The zero-order chi connectivity index (χ0) is 17.5. The van der Waals surface area contributed by atoms with Crippen molar-refractivity contribution in [1.29, 1.82) is 0 Å². The molecule has 0 amide bonds. The zero-order valence-electron chi connectivity index (χ0n) is 14.1. The first-order chi connectivity index (χ1) is 12.3. The normalized spacial score (nSPS) is 10.5. The van der Waals surface area contributed by atoms with Gasteiger partial charge in [0.2, 0.25) is 0 Å². The van der Waals surface area contributed by atoms with Crippen molar-refractivity contribution in [3.8, 4) is 0 Å². The number of benzene rings is 2. The summed E-state index contributed by atoms with van der Waals surface area (Å²) in [5.41, 5.74) is 2.94. The minimum Gasteiger partial charge on any atom is -0.465 e. The van der Waals surface area contributed by atoms with Crippen LogP contribution in [0.5, 0.6) is 0 Å². The van der Waals surface area contributed by atoms with E-state index in [1.54, 1.807) is 18.3 Å². The van der Waals surface area contributed by atoms with Crippen LogP contribution in [0.2, 0.25) is 0 Å². The standard InChI is InChI=1S/C21H20N2O2/c1-25-21(24)18-12-13-22-20(14-18)23-15-19(16-8-4-2-5-9-16)17-10-6-3-7-11-17/h2-14,19H,15H2,1H3,(H,22,23). The van der Waals surface area contributed by atoms with Gasteiger partial charge in [0.1, 0.15) is 5.82 Å². The topological polar surface area (TPSA) is 51.2 Å². The summed E-state index contributed by atoms with van der Waals surface area (Å²) in [7, 11) is 1.37. The molecule has 0 fully saturated rings. The van der Waals surface area contributed by atoms with Gasteiger partial charge in [0.05, 0.1) is 12.7 Å². The van der Waals surface area contributed by atoms with Crippen LogP contribution in [0.4, 0.5) is 5.82 Å². The molecule has 0 spiro atoms. The lowest BCUT2D eigenvalue weighted by Gasteiger charge is -2.19. The van der Waals surface area contributed by atoms with Gasteiger partial charge in [-0.1, -0.05) is 60.7 Å². The average Bonchev–Trinajstić information content (AvgIpc) is 2.69. The summed E-state index contributed by atoms with van der Waals surface area (Å²) in [5, 5.41) is 3.34. The molecule has 126 valence electrons. The number of anilines is 1. The second-order valence-electron chi connectivity index (χ2n) is 5.68. The van der Waals surface area contributed by atoms with Crippen molar-refractivity contribution < 1.29 is 9.53 Å². The van der Waals surface area contributed by atoms with Crippen molar-refractivity contribution in [2.24, 2.45) is 0 Å². The van der Waals surface area contributed by atoms with Gasteiger partial charge < -0.3 is 10.1 Å². The van der Waals surface area contributed by atoms with Crippen LogP contribution < -0.4 is 5.32 Å². The molecular formula is C21H20N2O2. The van der Waals surface area contributed by atoms with Gasteiger partial charge in [0.15, 0.2) is 0 Å². The quantitative estimate of drug-likeness (QED) is 0.690. The lowest BCUT2D eigenvalue weighted by atomic mass is 9.91. The summed E-state index contributed by atoms with van der Waals surface area (Å²) in [5.74, 6) is 0.471. The molecule has 4 heteroatoms. The highest BCUT2D eigenvalue weighted by molar-refractivity contribution is 5.89. The number of nitrogens with zero attached hydrogens (tertiary/aromatic N) is 1. The van der Waals surface area contributed by atoms with Gasteiger partial charge in [-0.05, 0) is 23.3 Å². The van der Waals surface area contributed by atoms with E-state index < -0.39 is 0 Å². The average molecular weight is 332 g/mol. The minimum absolute atomic E-state index is 0.186. The third-order valence-electron chi connectivity index (χ3n) is 4.07. The van der Waals surface area contributed by atoms with E-state index in [9.17, 15) is 4.79 Å². The van der Waals surface area contributed by atoms with Gasteiger partial charge in [-0.25, -0.2) is 9.78 Å². The molecule has 1 N–H and O–H groups in total. The molecule has 1 heterocycles. The van der Waals surface area contributed by atoms with E-state index in [1.165, 1.54) is 18.2 Å². The van der Waals surface area contributed by atoms with Gasteiger partial charge in [-0.3, -0.25) is 0 Å². The molecule has 0 unspecified atom stereocenters. The highest BCUT2D eigenvalue weighted by atomic mass is 16.5. The summed E-state index contributed by atoms with van der Waals surface area (Å²) in [6.07, 6.45) is 1.61. The van der Waals surface area contributed by atoms with E-state index >= 15 is 0 Å². The number of pyridine rings is 1. The van der Waals surface area contributed by atoms with Crippen molar-refractivity contribution in [2.45, 2.75) is 5.92 Å². The largest absolute Gasteiger partial charge is 0.465 e. The van der Waals surface area contributed by atoms with Crippen LogP contribution in [0, 0.1) is 0 Å². The highest BCUT2D eigenvalue weighted by Gasteiger charge is 2.14. The summed E-state index contributed by atoms with van der Waals surface area (Å²) >= 11 is 0. The maximum atomic E-state index is 11.7. The van der Waals surface area contributed by atoms with Crippen molar-refractivity contribution in [3.63, 3.8) is 0 Å². The Kier molecular flexibility index (Phi) is 5.42. The smallest absolute Gasteiger partial charge is 0.338 e. The van der Waals surface area contributed by atoms with Crippen LogP contribution in [-0.2, 0) is 4.74 Å². The number of rotatable bonds is 6. The van der Waals surface area contributed by atoms with Crippen molar-refractivity contribution in [2.75, 3.05) is 19.0 Å². The molecule has 2 aromatic carbocycles. The fourth-order valence-electron chi connectivity index (χ4n) is 2.78. The minimum atomic E-state index is -0.367. The third kappa shape index (κ3) is 4.23. The molecule has 0 saturated heterocycles. The molecule has 0 aliphatic carbocycles. The molecule has 0 aliphatic heterocycles. The van der Waals surface area contributed by atoms with Gasteiger partial charge in [0, 0.05) is 18.7 Å². The van der Waals surface area contributed by atoms with Gasteiger partial charge in [0.25, 0.3) is 0 Å². The lowest BCUT2D eigenvalue weighted by molar-refractivity contribution is 0.0600. The van der Waals surface area contributed by atoms with Crippen LogP contribution in [-0.4, -0.2) is 24.6 Å². The van der Waals surface area contributed by atoms with E-state index in [0.717, 1.165) is 0 Å². The Morgan fingerprint density at radius 1 is 1.00 bits per heavy atom. The second-order valence-corrected chi connectivity index (χ2v) is 5.68. The molecule has 25 heavy (non-hydrogen) atoms. The predicted octanol–water partition coefficient (Wildman–Crippen LogP) is 4.11. The Morgan fingerprint density at radius 2 is 1.60 bits per heavy atom. The number of hydrogen-bond acceptors (Lipinski definition) is 4. The zero-order valence-corrected chi connectivity index (χ0v) is 14.1. The van der Waals surface area contributed by atoms with Gasteiger partial charge in [-0.15, -0.1) is 0 Å². The van der Waals surface area contributed by atoms with Gasteiger partial charge >= 0.3 is 5.97 Å². The Labute approximate surface area is 147 Å². The number of hydrogen-bond donors (Lipinski definition) is 1.